The van der Waals surface area contributed by atoms with Gasteiger partial charge < -0.3 is 10.2 Å². The van der Waals surface area contributed by atoms with Gasteiger partial charge in [0.1, 0.15) is 0 Å². The summed E-state index contributed by atoms with van der Waals surface area (Å²) < 4.78 is 66.3. The summed E-state index contributed by atoms with van der Waals surface area (Å²) in [6.07, 6.45) is 0.485. The predicted octanol–water partition coefficient (Wildman–Crippen LogP) is 3.87. The molecule has 4 nitrogen and oxygen atoms in total. The van der Waals surface area contributed by atoms with Crippen molar-refractivity contribution in [2.45, 2.75) is 12.8 Å². The van der Waals surface area contributed by atoms with E-state index in [9.17, 15) is 31.5 Å². The largest absolute Gasteiger partial charge is 0.339 e. The van der Waals surface area contributed by atoms with E-state index in [2.05, 4.69) is 5.32 Å². The Balaban J connectivity index is 1.61. The van der Waals surface area contributed by atoms with Crippen molar-refractivity contribution in [3.8, 4) is 0 Å². The molecule has 0 aliphatic carbocycles. The summed E-state index contributed by atoms with van der Waals surface area (Å²) in [5, 5.41) is 2.48. The van der Waals surface area contributed by atoms with Gasteiger partial charge in [0.05, 0.1) is 5.56 Å². The van der Waals surface area contributed by atoms with Crippen molar-refractivity contribution < 1.29 is 31.5 Å². The number of nitrogens with one attached hydrogen (secondary N) is 1. The molecule has 28 heavy (non-hydrogen) atoms. The predicted molar refractivity (Wildman–Crippen MR) is 89.9 cm³/mol. The van der Waals surface area contributed by atoms with Gasteiger partial charge in [0.15, 0.2) is 29.1 Å². The lowest BCUT2D eigenvalue weighted by Crippen LogP contribution is -2.41. The first-order valence-electron chi connectivity index (χ1n) is 8.46. The van der Waals surface area contributed by atoms with E-state index in [0.29, 0.717) is 6.07 Å². The Hall–Kier alpha value is -2.97. The smallest absolute Gasteiger partial charge is 0.256 e. The van der Waals surface area contributed by atoms with E-state index in [1.54, 1.807) is 0 Å². The monoisotopic (exact) mass is 398 g/mol. The number of rotatable bonds is 3. The average Bonchev–Trinajstić information content (AvgIpc) is 2.69. The van der Waals surface area contributed by atoms with E-state index < -0.39 is 52.4 Å². The molecule has 1 aliphatic rings. The number of amides is 2. The highest BCUT2D eigenvalue weighted by Gasteiger charge is 2.30. The highest BCUT2D eigenvalue weighted by Crippen LogP contribution is 2.23. The van der Waals surface area contributed by atoms with Gasteiger partial charge in [-0.15, -0.1) is 0 Å². The van der Waals surface area contributed by atoms with Crippen LogP contribution in [0.3, 0.4) is 0 Å². The Kier molecular flexibility index (Phi) is 5.62. The van der Waals surface area contributed by atoms with Crippen LogP contribution >= 0.6 is 0 Å². The lowest BCUT2D eigenvalue weighted by molar-refractivity contribution is -0.121. The zero-order valence-electron chi connectivity index (χ0n) is 14.4. The maximum atomic E-state index is 13.8. The first-order valence-corrected chi connectivity index (χ1v) is 8.46. The number of carbonyl (C=O) groups excluding carboxylic acids is 2. The summed E-state index contributed by atoms with van der Waals surface area (Å²) in [5.74, 6) is -8.49. The van der Waals surface area contributed by atoms with E-state index in [1.807, 2.05) is 0 Å². The molecule has 1 aliphatic heterocycles. The molecule has 9 heteroatoms. The van der Waals surface area contributed by atoms with Crippen molar-refractivity contribution in [1.82, 2.24) is 4.90 Å². The Morgan fingerprint density at radius 1 is 0.857 bits per heavy atom. The van der Waals surface area contributed by atoms with Crippen molar-refractivity contribution in [3.05, 3.63) is 65.0 Å². The highest BCUT2D eigenvalue weighted by atomic mass is 19.2. The SMILES string of the molecule is O=C(Nc1ccc(F)c(F)c1)C1CCN(C(=O)c2ccc(F)c(F)c2F)CC1. The second kappa shape index (κ2) is 7.95. The number of piperidine rings is 1. The molecule has 1 saturated heterocycles. The fourth-order valence-corrected chi connectivity index (χ4v) is 3.02. The molecule has 0 spiro atoms. The van der Waals surface area contributed by atoms with Gasteiger partial charge in [-0.3, -0.25) is 9.59 Å². The molecule has 148 valence electrons. The topological polar surface area (TPSA) is 49.4 Å². The van der Waals surface area contributed by atoms with Gasteiger partial charge in [-0.1, -0.05) is 0 Å². The third-order valence-corrected chi connectivity index (χ3v) is 4.61. The average molecular weight is 398 g/mol. The Morgan fingerprint density at radius 3 is 2.14 bits per heavy atom. The maximum absolute atomic E-state index is 13.8. The molecular formula is C19H15F5N2O2. The summed E-state index contributed by atoms with van der Waals surface area (Å²) in [6.45, 7) is 0.209. The van der Waals surface area contributed by atoms with Crippen molar-refractivity contribution >= 4 is 17.5 Å². The van der Waals surface area contributed by atoms with Crippen molar-refractivity contribution in [3.63, 3.8) is 0 Å². The summed E-state index contributed by atoms with van der Waals surface area (Å²) in [7, 11) is 0. The number of likely N-dealkylation sites (tertiary alicyclic amines) is 1. The van der Waals surface area contributed by atoms with Crippen LogP contribution in [0.25, 0.3) is 0 Å². The minimum absolute atomic E-state index is 0.103. The fourth-order valence-electron chi connectivity index (χ4n) is 3.02. The van der Waals surface area contributed by atoms with Gasteiger partial charge in [0, 0.05) is 30.8 Å². The van der Waals surface area contributed by atoms with E-state index >= 15 is 0 Å². The van der Waals surface area contributed by atoms with Crippen LogP contribution in [-0.2, 0) is 4.79 Å². The first kappa shape index (κ1) is 19.8. The van der Waals surface area contributed by atoms with Crippen LogP contribution in [0, 0.1) is 35.0 Å². The quantitative estimate of drug-likeness (QED) is 0.630. The molecule has 0 unspecified atom stereocenters. The second-order valence-corrected chi connectivity index (χ2v) is 6.41. The lowest BCUT2D eigenvalue weighted by Gasteiger charge is -2.31. The molecule has 2 aromatic carbocycles. The van der Waals surface area contributed by atoms with Gasteiger partial charge in [0.25, 0.3) is 5.91 Å². The number of nitrogens with zero attached hydrogens (tertiary/aromatic N) is 1. The molecule has 0 saturated carbocycles. The van der Waals surface area contributed by atoms with Crippen molar-refractivity contribution in [1.29, 1.82) is 0 Å². The normalized spacial score (nSPS) is 14.8. The van der Waals surface area contributed by atoms with Gasteiger partial charge in [-0.25, -0.2) is 22.0 Å². The molecule has 2 amide bonds. The van der Waals surface area contributed by atoms with Gasteiger partial charge in [-0.2, -0.15) is 0 Å². The molecule has 1 N–H and O–H groups in total. The molecular weight excluding hydrogens is 383 g/mol. The van der Waals surface area contributed by atoms with Crippen LogP contribution in [0.2, 0.25) is 0 Å². The Morgan fingerprint density at radius 2 is 1.50 bits per heavy atom. The number of hydrogen-bond acceptors (Lipinski definition) is 2. The maximum Gasteiger partial charge on any atom is 0.256 e. The minimum Gasteiger partial charge on any atom is -0.339 e. The summed E-state index contributed by atoms with van der Waals surface area (Å²) >= 11 is 0. The zero-order chi connectivity index (χ0) is 20.4. The van der Waals surface area contributed by atoms with Crippen LogP contribution in [0.1, 0.15) is 23.2 Å². The standard InChI is InChI=1S/C19H15F5N2O2/c20-13-3-1-11(9-15(13)22)25-18(27)10-5-7-26(8-6-10)19(28)12-2-4-14(21)17(24)16(12)23/h1-4,9-10H,5-8H2,(H,25,27). The minimum atomic E-state index is -1.72. The first-order chi connectivity index (χ1) is 13.3. The Bertz CT molecular complexity index is 927. The summed E-state index contributed by atoms with van der Waals surface area (Å²) in [5.41, 5.74) is -0.477. The van der Waals surface area contributed by atoms with E-state index in [-0.39, 0.29) is 31.6 Å². The molecule has 3 rings (SSSR count). The van der Waals surface area contributed by atoms with E-state index in [1.165, 1.54) is 11.0 Å². The Labute approximate surface area is 156 Å². The number of anilines is 1. The van der Waals surface area contributed by atoms with Crippen LogP contribution < -0.4 is 5.32 Å². The molecule has 0 bridgehead atoms. The molecule has 1 heterocycles. The fraction of sp³-hybridized carbons (Fsp3) is 0.263. The number of benzene rings is 2. The number of hydrogen-bond donors (Lipinski definition) is 1. The third kappa shape index (κ3) is 3.97. The van der Waals surface area contributed by atoms with Crippen molar-refractivity contribution in [2.24, 2.45) is 5.92 Å². The summed E-state index contributed by atoms with van der Waals surface area (Å²) in [6, 6.07) is 4.52. The van der Waals surface area contributed by atoms with Crippen LogP contribution in [-0.4, -0.2) is 29.8 Å². The van der Waals surface area contributed by atoms with Crippen LogP contribution in [0.15, 0.2) is 30.3 Å². The van der Waals surface area contributed by atoms with E-state index in [0.717, 1.165) is 18.2 Å². The van der Waals surface area contributed by atoms with Crippen LogP contribution in [0.5, 0.6) is 0 Å². The van der Waals surface area contributed by atoms with Crippen molar-refractivity contribution in [2.75, 3.05) is 18.4 Å². The second-order valence-electron chi connectivity index (χ2n) is 6.41. The summed E-state index contributed by atoms with van der Waals surface area (Å²) in [4.78, 5) is 25.9. The molecule has 0 atom stereocenters. The third-order valence-electron chi connectivity index (χ3n) is 4.61. The van der Waals surface area contributed by atoms with Gasteiger partial charge in [0.2, 0.25) is 5.91 Å². The lowest BCUT2D eigenvalue weighted by atomic mass is 9.95. The molecule has 0 radical (unpaired) electrons. The molecule has 1 fully saturated rings. The van der Waals surface area contributed by atoms with Gasteiger partial charge in [-0.05, 0) is 37.1 Å². The van der Waals surface area contributed by atoms with Gasteiger partial charge >= 0.3 is 0 Å². The highest BCUT2D eigenvalue weighted by molar-refractivity contribution is 5.95. The van der Waals surface area contributed by atoms with Crippen LogP contribution in [0.4, 0.5) is 27.6 Å². The number of halogens is 5. The number of carbonyl (C=O) groups is 2. The van der Waals surface area contributed by atoms with E-state index in [4.69, 9.17) is 0 Å². The molecule has 0 aromatic heterocycles. The molecule has 2 aromatic rings. The zero-order valence-corrected chi connectivity index (χ0v) is 14.4.